The van der Waals surface area contributed by atoms with E-state index in [4.69, 9.17) is 4.55 Å². The van der Waals surface area contributed by atoms with Gasteiger partial charge in [0.15, 0.2) is 0 Å². The lowest BCUT2D eigenvalue weighted by Crippen LogP contribution is -2.24. The fourth-order valence-corrected chi connectivity index (χ4v) is 4.53. The molecule has 23 heavy (non-hydrogen) atoms. The van der Waals surface area contributed by atoms with Crippen LogP contribution in [0.1, 0.15) is 35.4 Å². The van der Waals surface area contributed by atoms with Crippen molar-refractivity contribution >= 4 is 36.5 Å². The van der Waals surface area contributed by atoms with Crippen molar-refractivity contribution in [2.75, 3.05) is 12.8 Å². The van der Waals surface area contributed by atoms with Gasteiger partial charge in [0.2, 0.25) is 0 Å². The molecule has 0 saturated carbocycles. The molecule has 1 aromatic rings. The first kappa shape index (κ1) is 16.5. The maximum atomic E-state index is 12.2. The van der Waals surface area contributed by atoms with Gasteiger partial charge in [-0.2, -0.15) is 8.42 Å². The second-order valence-electron chi connectivity index (χ2n) is 5.83. The number of hydrogen-bond donors (Lipinski definition) is 2. The first-order valence-electron chi connectivity index (χ1n) is 7.52. The summed E-state index contributed by atoms with van der Waals surface area (Å²) >= 11 is 0. The van der Waals surface area contributed by atoms with Gasteiger partial charge in [0.25, 0.3) is 10.1 Å². The van der Waals surface area contributed by atoms with Crippen LogP contribution in [0.25, 0.3) is 6.20 Å². The molecule has 6 nitrogen and oxygen atoms in total. The predicted molar refractivity (Wildman–Crippen MR) is 93.9 cm³/mol. The van der Waals surface area contributed by atoms with E-state index in [0.29, 0.717) is 6.26 Å². The van der Waals surface area contributed by atoms with Crippen LogP contribution in [0.2, 0.25) is 0 Å². The van der Waals surface area contributed by atoms with E-state index in [1.807, 2.05) is 11.4 Å². The highest BCUT2D eigenvalue weighted by molar-refractivity contribution is 7.85. The Hall–Kier alpha value is -1.35. The Morgan fingerprint density at radius 1 is 1.26 bits per heavy atom. The molecular weight excluding hydrogens is 336 g/mol. The second kappa shape index (κ2) is 6.27. The van der Waals surface area contributed by atoms with Gasteiger partial charge in [0.1, 0.15) is 0 Å². The summed E-state index contributed by atoms with van der Waals surface area (Å²) in [6.45, 7) is 2.02. The van der Waals surface area contributed by atoms with Gasteiger partial charge in [-0.1, -0.05) is 0 Å². The minimum atomic E-state index is -3.67. The highest BCUT2D eigenvalue weighted by Gasteiger charge is 2.28. The third-order valence-electron chi connectivity index (χ3n) is 4.15. The average Bonchev–Trinajstić information content (AvgIpc) is 2.69. The molecule has 2 N–H and O–H groups in total. The van der Waals surface area contributed by atoms with Crippen LogP contribution >= 0.6 is 0 Å². The fourth-order valence-electron chi connectivity index (χ4n) is 3.39. The van der Waals surface area contributed by atoms with Crippen LogP contribution in [-0.4, -0.2) is 44.8 Å². The summed E-state index contributed by atoms with van der Waals surface area (Å²) in [4.78, 5) is 1.13. The smallest absolute Gasteiger partial charge is 0.261 e. The van der Waals surface area contributed by atoms with E-state index in [1.165, 1.54) is 22.5 Å². The molecule has 0 amide bonds. The van der Waals surface area contributed by atoms with E-state index in [9.17, 15) is 12.6 Å². The molecule has 0 saturated heterocycles. The van der Waals surface area contributed by atoms with Crippen molar-refractivity contribution in [2.24, 2.45) is 0 Å². The molecule has 3 heterocycles. The Labute approximate surface area is 137 Å². The molecule has 8 heteroatoms. The fraction of sp³-hybridized carbons (Fsp3) is 0.467. The van der Waals surface area contributed by atoms with Crippen LogP contribution in [0, 0.1) is 0 Å². The minimum absolute atomic E-state index is 0.715. The Morgan fingerprint density at radius 3 is 2.74 bits per heavy atom. The van der Waals surface area contributed by atoms with Crippen molar-refractivity contribution in [3.63, 3.8) is 0 Å². The summed E-state index contributed by atoms with van der Waals surface area (Å²) < 4.78 is 40.4. The van der Waals surface area contributed by atoms with E-state index in [1.54, 1.807) is 0 Å². The maximum Gasteiger partial charge on any atom is 0.261 e. The Morgan fingerprint density at radius 2 is 2.00 bits per heavy atom. The van der Waals surface area contributed by atoms with Crippen molar-refractivity contribution in [3.8, 4) is 0 Å². The first-order chi connectivity index (χ1) is 10.9. The van der Waals surface area contributed by atoms with Gasteiger partial charge in [-0.05, 0) is 36.5 Å². The normalized spacial score (nSPS) is 19.0. The monoisotopic (exact) mass is 356 g/mol. The standard InChI is InChI=1S/C14H16N2OS.CH4O3S/c17-18-8-2-7-16-12-5-6-15-9-11(12)10-3-1-4-13(18)14(10)16;1-5(2,3)4/h2,7-8,15H,1,3-6,9H2;1H3,(H,2,3,4). The molecule has 0 radical (unpaired) electrons. The van der Waals surface area contributed by atoms with Crippen molar-refractivity contribution in [1.82, 2.24) is 9.88 Å². The first-order valence-corrected chi connectivity index (χ1v) is 10.6. The minimum Gasteiger partial charge on any atom is -0.319 e. The number of rotatable bonds is 0. The number of nitrogens with one attached hydrogen (secondary N) is 1. The van der Waals surface area contributed by atoms with Crippen molar-refractivity contribution < 1.29 is 17.2 Å². The second-order valence-corrected chi connectivity index (χ2v) is 8.66. The van der Waals surface area contributed by atoms with Crippen LogP contribution < -0.4 is 5.32 Å². The third-order valence-corrected chi connectivity index (χ3v) is 5.43. The molecule has 0 aromatic carbocycles. The van der Waals surface area contributed by atoms with Crippen molar-refractivity contribution in [1.29, 1.82) is 0 Å². The molecule has 4 rings (SSSR count). The van der Waals surface area contributed by atoms with Gasteiger partial charge >= 0.3 is 0 Å². The molecule has 2 aliphatic heterocycles. The highest BCUT2D eigenvalue weighted by atomic mass is 32.2. The zero-order valence-corrected chi connectivity index (χ0v) is 14.5. The average molecular weight is 356 g/mol. The molecule has 3 aliphatic rings. The number of allylic oxidation sites excluding steroid dienone is 1. The molecule has 0 spiro atoms. The lowest BCUT2D eigenvalue weighted by molar-refractivity contribution is 0.490. The zero-order valence-electron chi connectivity index (χ0n) is 12.9. The lowest BCUT2D eigenvalue weighted by Gasteiger charge is -2.16. The Bertz CT molecular complexity index is 913. The topological polar surface area (TPSA) is 88.4 Å². The largest absolute Gasteiger partial charge is 0.319 e. The van der Waals surface area contributed by atoms with Gasteiger partial charge in [0.05, 0.1) is 16.8 Å². The Balaban J connectivity index is 0.000000276. The molecule has 126 valence electrons. The van der Waals surface area contributed by atoms with Gasteiger partial charge in [-0.25, -0.2) is 4.21 Å². The summed E-state index contributed by atoms with van der Waals surface area (Å²) in [5.41, 5.74) is 5.61. The summed E-state index contributed by atoms with van der Waals surface area (Å²) in [6, 6.07) is 0. The van der Waals surface area contributed by atoms with E-state index in [0.717, 1.165) is 43.6 Å². The SMILES string of the molecule is CS(=O)(=O)O.O=S1=CC=Cn2c3c(c4c2C=1CCC4)CNCC3. The molecule has 1 aromatic heterocycles. The number of nitrogens with zero attached hydrogens (tertiary/aromatic N) is 1. The van der Waals surface area contributed by atoms with Crippen molar-refractivity contribution in [2.45, 2.75) is 32.2 Å². The number of aromatic nitrogens is 1. The number of fused-ring (bicyclic) bond motifs is 3. The zero-order chi connectivity index (χ0) is 16.6. The van der Waals surface area contributed by atoms with Crippen LogP contribution in [0.5, 0.6) is 0 Å². The van der Waals surface area contributed by atoms with Gasteiger partial charge in [-0.15, -0.1) is 0 Å². The molecule has 0 fully saturated rings. The van der Waals surface area contributed by atoms with E-state index in [2.05, 4.69) is 16.1 Å². The van der Waals surface area contributed by atoms with Gasteiger partial charge in [0, 0.05) is 46.7 Å². The lowest BCUT2D eigenvalue weighted by atomic mass is 9.93. The van der Waals surface area contributed by atoms with E-state index in [-0.39, 0.29) is 0 Å². The van der Waals surface area contributed by atoms with E-state index < -0.39 is 20.1 Å². The summed E-state index contributed by atoms with van der Waals surface area (Å²) in [5.74, 6) is 0. The third kappa shape index (κ3) is 3.45. The van der Waals surface area contributed by atoms with Crippen molar-refractivity contribution in [3.05, 3.63) is 28.6 Å². The van der Waals surface area contributed by atoms with Gasteiger partial charge in [-0.3, -0.25) is 4.55 Å². The molecule has 0 bridgehead atoms. The van der Waals surface area contributed by atoms with Crippen LogP contribution in [0.3, 0.4) is 0 Å². The molecule has 1 aliphatic carbocycles. The summed E-state index contributed by atoms with van der Waals surface area (Å²) in [7, 11) is -4.60. The highest BCUT2D eigenvalue weighted by Crippen LogP contribution is 2.32. The quantitative estimate of drug-likeness (QED) is 0.523. The molecular formula is C15H20N2O4S2. The van der Waals surface area contributed by atoms with Gasteiger partial charge < -0.3 is 9.88 Å². The Kier molecular flexibility index (Phi) is 4.50. The maximum absolute atomic E-state index is 12.2. The molecule has 0 atom stereocenters. The number of hydrogen-bond acceptors (Lipinski definition) is 4. The van der Waals surface area contributed by atoms with Crippen LogP contribution in [-0.2, 0) is 39.5 Å². The van der Waals surface area contributed by atoms with E-state index >= 15 is 0 Å². The summed E-state index contributed by atoms with van der Waals surface area (Å²) in [6.07, 6.45) is 9.09. The van der Waals surface area contributed by atoms with Crippen LogP contribution in [0.15, 0.2) is 6.08 Å². The van der Waals surface area contributed by atoms with Crippen LogP contribution in [0.4, 0.5) is 0 Å². The summed E-state index contributed by atoms with van der Waals surface area (Å²) in [5, 5.41) is 5.28. The molecule has 0 unspecified atom stereocenters. The predicted octanol–water partition coefficient (Wildman–Crippen LogP) is 0.530.